The van der Waals surface area contributed by atoms with Crippen LogP contribution in [0.1, 0.15) is 37.2 Å². The lowest BCUT2D eigenvalue weighted by Gasteiger charge is -2.30. The molecule has 1 aliphatic rings. The number of rotatable bonds is 4. The second-order valence-electron chi connectivity index (χ2n) is 5.99. The molecule has 1 aliphatic carbocycles. The van der Waals surface area contributed by atoms with Crippen molar-refractivity contribution in [2.45, 2.75) is 51.6 Å². The van der Waals surface area contributed by atoms with E-state index in [2.05, 4.69) is 25.6 Å². The molecule has 5 nitrogen and oxygen atoms in total. The van der Waals surface area contributed by atoms with Gasteiger partial charge in [0.05, 0.1) is 0 Å². The molecular weight excluding hydrogens is 274 g/mol. The van der Waals surface area contributed by atoms with Crippen LogP contribution in [0.15, 0.2) is 30.5 Å². The van der Waals surface area contributed by atoms with Crippen LogP contribution in [-0.4, -0.2) is 27.0 Å². The maximum Gasteiger partial charge on any atom is 0.130 e. The number of aromatic nitrogens is 3. The highest BCUT2D eigenvalue weighted by atomic mass is 15.1. The van der Waals surface area contributed by atoms with Crippen molar-refractivity contribution in [2.24, 2.45) is 0 Å². The van der Waals surface area contributed by atoms with Crippen LogP contribution in [0.5, 0.6) is 0 Å². The SMILES string of the molecule is Cc1cc(NC2CCC(Nc3ccccn3)CC2)nc(C)n1. The second-order valence-corrected chi connectivity index (χ2v) is 5.99. The van der Waals surface area contributed by atoms with E-state index in [0.717, 1.165) is 48.8 Å². The number of nitrogens with one attached hydrogen (secondary N) is 2. The van der Waals surface area contributed by atoms with Gasteiger partial charge in [-0.2, -0.15) is 0 Å². The van der Waals surface area contributed by atoms with E-state index in [0.29, 0.717) is 12.1 Å². The molecule has 0 bridgehead atoms. The number of hydrogen-bond acceptors (Lipinski definition) is 5. The molecule has 0 atom stereocenters. The molecule has 22 heavy (non-hydrogen) atoms. The second kappa shape index (κ2) is 6.73. The number of aryl methyl sites for hydroxylation is 2. The first kappa shape index (κ1) is 14.8. The average molecular weight is 297 g/mol. The fourth-order valence-corrected chi connectivity index (χ4v) is 3.04. The van der Waals surface area contributed by atoms with Gasteiger partial charge in [0.2, 0.25) is 0 Å². The summed E-state index contributed by atoms with van der Waals surface area (Å²) >= 11 is 0. The van der Waals surface area contributed by atoms with Crippen molar-refractivity contribution in [3.05, 3.63) is 42.0 Å². The minimum atomic E-state index is 0.496. The Kier molecular flexibility index (Phi) is 4.51. The van der Waals surface area contributed by atoms with E-state index in [9.17, 15) is 0 Å². The minimum absolute atomic E-state index is 0.496. The van der Waals surface area contributed by atoms with Crippen LogP contribution < -0.4 is 10.6 Å². The van der Waals surface area contributed by atoms with Gasteiger partial charge in [0.25, 0.3) is 0 Å². The predicted molar refractivity (Wildman–Crippen MR) is 89.0 cm³/mol. The van der Waals surface area contributed by atoms with E-state index in [4.69, 9.17) is 0 Å². The van der Waals surface area contributed by atoms with Crippen LogP contribution in [-0.2, 0) is 0 Å². The van der Waals surface area contributed by atoms with Gasteiger partial charge in [-0.15, -0.1) is 0 Å². The minimum Gasteiger partial charge on any atom is -0.367 e. The van der Waals surface area contributed by atoms with Crippen LogP contribution in [0, 0.1) is 13.8 Å². The van der Waals surface area contributed by atoms with E-state index in [-0.39, 0.29) is 0 Å². The molecule has 2 N–H and O–H groups in total. The molecule has 0 unspecified atom stereocenters. The van der Waals surface area contributed by atoms with Gasteiger partial charge in [-0.05, 0) is 51.7 Å². The van der Waals surface area contributed by atoms with Crippen molar-refractivity contribution in [2.75, 3.05) is 10.6 Å². The lowest BCUT2D eigenvalue weighted by molar-refractivity contribution is 0.427. The number of pyridine rings is 1. The highest BCUT2D eigenvalue weighted by Gasteiger charge is 2.21. The Morgan fingerprint density at radius 2 is 1.59 bits per heavy atom. The van der Waals surface area contributed by atoms with Crippen molar-refractivity contribution in [3.8, 4) is 0 Å². The van der Waals surface area contributed by atoms with Gasteiger partial charge in [0.15, 0.2) is 0 Å². The lowest BCUT2D eigenvalue weighted by Crippen LogP contribution is -2.32. The molecule has 2 aromatic heterocycles. The summed E-state index contributed by atoms with van der Waals surface area (Å²) in [6.07, 6.45) is 6.42. The summed E-state index contributed by atoms with van der Waals surface area (Å²) in [6, 6.07) is 9.01. The first-order valence-corrected chi connectivity index (χ1v) is 7.95. The molecule has 5 heteroatoms. The predicted octanol–water partition coefficient (Wildman–Crippen LogP) is 3.32. The molecule has 0 aromatic carbocycles. The van der Waals surface area contributed by atoms with E-state index in [1.54, 1.807) is 0 Å². The Morgan fingerprint density at radius 3 is 2.18 bits per heavy atom. The number of hydrogen-bond donors (Lipinski definition) is 2. The zero-order valence-electron chi connectivity index (χ0n) is 13.2. The average Bonchev–Trinajstić information content (AvgIpc) is 2.49. The third kappa shape index (κ3) is 3.93. The highest BCUT2D eigenvalue weighted by Crippen LogP contribution is 2.24. The van der Waals surface area contributed by atoms with Crippen molar-refractivity contribution < 1.29 is 0 Å². The third-order valence-corrected chi connectivity index (χ3v) is 4.06. The Balaban J connectivity index is 1.51. The lowest BCUT2D eigenvalue weighted by atomic mass is 9.91. The van der Waals surface area contributed by atoms with E-state index in [1.165, 1.54) is 0 Å². The first-order valence-electron chi connectivity index (χ1n) is 7.95. The molecule has 2 aromatic rings. The highest BCUT2D eigenvalue weighted by molar-refractivity contribution is 5.38. The zero-order valence-corrected chi connectivity index (χ0v) is 13.2. The Labute approximate surface area is 131 Å². The van der Waals surface area contributed by atoms with Gasteiger partial charge in [-0.1, -0.05) is 6.07 Å². The van der Waals surface area contributed by atoms with Crippen molar-refractivity contribution in [3.63, 3.8) is 0 Å². The summed E-state index contributed by atoms with van der Waals surface area (Å²) in [5, 5.41) is 7.07. The molecule has 1 fully saturated rings. The Hall–Kier alpha value is -2.17. The number of nitrogens with zero attached hydrogens (tertiary/aromatic N) is 3. The molecular formula is C17H23N5. The molecule has 116 valence electrons. The largest absolute Gasteiger partial charge is 0.367 e. The topological polar surface area (TPSA) is 62.7 Å². The first-order chi connectivity index (χ1) is 10.7. The monoisotopic (exact) mass is 297 g/mol. The number of anilines is 2. The van der Waals surface area contributed by atoms with Gasteiger partial charge in [-0.25, -0.2) is 15.0 Å². The van der Waals surface area contributed by atoms with Gasteiger partial charge >= 0.3 is 0 Å². The summed E-state index contributed by atoms with van der Waals surface area (Å²) in [5.74, 6) is 2.75. The summed E-state index contributed by atoms with van der Waals surface area (Å²) in [4.78, 5) is 13.1. The molecule has 0 saturated heterocycles. The van der Waals surface area contributed by atoms with Crippen LogP contribution >= 0.6 is 0 Å². The molecule has 0 radical (unpaired) electrons. The van der Waals surface area contributed by atoms with Gasteiger partial charge in [0.1, 0.15) is 17.5 Å². The standard InChI is InChI=1S/C17H23N5/c1-12-11-17(20-13(2)19-12)22-15-8-6-14(7-9-15)21-16-5-3-4-10-18-16/h3-5,10-11,14-15H,6-9H2,1-2H3,(H,18,21)(H,19,20,22). The molecule has 3 rings (SSSR count). The zero-order chi connectivity index (χ0) is 15.4. The van der Waals surface area contributed by atoms with Crippen LogP contribution in [0.4, 0.5) is 11.6 Å². The smallest absolute Gasteiger partial charge is 0.130 e. The van der Waals surface area contributed by atoms with Crippen molar-refractivity contribution in [1.82, 2.24) is 15.0 Å². The quantitative estimate of drug-likeness (QED) is 0.906. The molecule has 0 spiro atoms. The van der Waals surface area contributed by atoms with Crippen molar-refractivity contribution in [1.29, 1.82) is 0 Å². The fourth-order valence-electron chi connectivity index (χ4n) is 3.04. The van der Waals surface area contributed by atoms with Gasteiger partial charge in [-0.3, -0.25) is 0 Å². The van der Waals surface area contributed by atoms with E-state index >= 15 is 0 Å². The van der Waals surface area contributed by atoms with E-state index in [1.807, 2.05) is 44.3 Å². The third-order valence-electron chi connectivity index (χ3n) is 4.06. The van der Waals surface area contributed by atoms with Gasteiger partial charge < -0.3 is 10.6 Å². The molecule has 0 aliphatic heterocycles. The summed E-state index contributed by atoms with van der Waals surface area (Å²) in [7, 11) is 0. The molecule has 1 saturated carbocycles. The summed E-state index contributed by atoms with van der Waals surface area (Å²) in [5.41, 5.74) is 1.01. The molecule has 2 heterocycles. The summed E-state index contributed by atoms with van der Waals surface area (Å²) in [6.45, 7) is 3.94. The fraction of sp³-hybridized carbons (Fsp3) is 0.471. The van der Waals surface area contributed by atoms with Gasteiger partial charge in [0, 0.05) is 30.0 Å². The maximum absolute atomic E-state index is 4.47. The van der Waals surface area contributed by atoms with Crippen LogP contribution in [0.3, 0.4) is 0 Å². The van der Waals surface area contributed by atoms with Crippen molar-refractivity contribution >= 4 is 11.6 Å². The maximum atomic E-state index is 4.47. The Morgan fingerprint density at radius 1 is 0.909 bits per heavy atom. The summed E-state index contributed by atoms with van der Waals surface area (Å²) < 4.78 is 0. The normalized spacial score (nSPS) is 21.4. The van der Waals surface area contributed by atoms with Crippen LogP contribution in [0.25, 0.3) is 0 Å². The van der Waals surface area contributed by atoms with E-state index < -0.39 is 0 Å². The Bertz CT molecular complexity index is 585. The van der Waals surface area contributed by atoms with Crippen LogP contribution in [0.2, 0.25) is 0 Å². The molecule has 0 amide bonds.